The SMILES string of the molecule is COCCc1cccc(-c2ccc(SC)cc2)c1N. The Hall–Kier alpha value is -1.45. The summed E-state index contributed by atoms with van der Waals surface area (Å²) < 4.78 is 5.12. The molecule has 0 aliphatic carbocycles. The predicted octanol–water partition coefficient (Wildman–Crippen LogP) is 3.85. The third kappa shape index (κ3) is 3.31. The molecule has 0 bridgehead atoms. The van der Waals surface area contributed by atoms with Crippen molar-refractivity contribution in [1.29, 1.82) is 0 Å². The maximum Gasteiger partial charge on any atom is 0.0503 e. The third-order valence-electron chi connectivity index (χ3n) is 3.17. The van der Waals surface area contributed by atoms with Crippen LogP contribution >= 0.6 is 11.8 Å². The smallest absolute Gasteiger partial charge is 0.0503 e. The molecule has 0 heterocycles. The molecule has 0 aromatic heterocycles. The Morgan fingerprint density at radius 2 is 1.84 bits per heavy atom. The Morgan fingerprint density at radius 3 is 2.47 bits per heavy atom. The first kappa shape index (κ1) is 14.0. The summed E-state index contributed by atoms with van der Waals surface area (Å²) in [7, 11) is 1.71. The quantitative estimate of drug-likeness (QED) is 0.664. The van der Waals surface area contributed by atoms with E-state index < -0.39 is 0 Å². The van der Waals surface area contributed by atoms with Crippen LogP contribution in [0.5, 0.6) is 0 Å². The topological polar surface area (TPSA) is 35.2 Å². The summed E-state index contributed by atoms with van der Waals surface area (Å²) >= 11 is 1.74. The van der Waals surface area contributed by atoms with E-state index in [1.54, 1.807) is 18.9 Å². The predicted molar refractivity (Wildman–Crippen MR) is 83.7 cm³/mol. The average Bonchev–Trinajstić information content (AvgIpc) is 2.46. The van der Waals surface area contributed by atoms with Crippen molar-refractivity contribution in [2.45, 2.75) is 11.3 Å². The van der Waals surface area contributed by atoms with Crippen LogP contribution in [0.4, 0.5) is 5.69 Å². The van der Waals surface area contributed by atoms with Crippen LogP contribution in [0.3, 0.4) is 0 Å². The number of rotatable bonds is 5. The van der Waals surface area contributed by atoms with Gasteiger partial charge >= 0.3 is 0 Å². The minimum Gasteiger partial charge on any atom is -0.398 e. The van der Waals surface area contributed by atoms with E-state index in [0.29, 0.717) is 6.61 Å². The van der Waals surface area contributed by atoms with Gasteiger partial charge in [0.15, 0.2) is 0 Å². The second-order valence-electron chi connectivity index (χ2n) is 4.35. The molecule has 0 fully saturated rings. The molecule has 0 saturated carbocycles. The molecule has 2 aromatic carbocycles. The second-order valence-corrected chi connectivity index (χ2v) is 5.23. The highest BCUT2D eigenvalue weighted by molar-refractivity contribution is 7.98. The zero-order chi connectivity index (χ0) is 13.7. The molecule has 0 saturated heterocycles. The molecular weight excluding hydrogens is 254 g/mol. The van der Waals surface area contributed by atoms with E-state index in [1.165, 1.54) is 4.90 Å². The summed E-state index contributed by atoms with van der Waals surface area (Å²) in [6.07, 6.45) is 2.92. The van der Waals surface area contributed by atoms with Gasteiger partial charge in [-0.2, -0.15) is 0 Å². The monoisotopic (exact) mass is 273 g/mol. The van der Waals surface area contributed by atoms with Crippen LogP contribution in [0.1, 0.15) is 5.56 Å². The van der Waals surface area contributed by atoms with Gasteiger partial charge in [0.05, 0.1) is 6.61 Å². The highest BCUT2D eigenvalue weighted by atomic mass is 32.2. The summed E-state index contributed by atoms with van der Waals surface area (Å²) in [5.41, 5.74) is 10.5. The first-order valence-electron chi connectivity index (χ1n) is 6.27. The number of anilines is 1. The fraction of sp³-hybridized carbons (Fsp3) is 0.250. The van der Waals surface area contributed by atoms with Crippen LogP contribution in [0.2, 0.25) is 0 Å². The molecule has 100 valence electrons. The van der Waals surface area contributed by atoms with Crippen molar-refractivity contribution < 1.29 is 4.74 Å². The second kappa shape index (κ2) is 6.64. The van der Waals surface area contributed by atoms with E-state index in [9.17, 15) is 0 Å². The molecule has 0 atom stereocenters. The fourth-order valence-electron chi connectivity index (χ4n) is 2.07. The summed E-state index contributed by atoms with van der Waals surface area (Å²) in [6.45, 7) is 0.694. The lowest BCUT2D eigenvalue weighted by atomic mass is 9.99. The van der Waals surface area contributed by atoms with Crippen molar-refractivity contribution >= 4 is 17.4 Å². The maximum absolute atomic E-state index is 6.27. The van der Waals surface area contributed by atoms with Gasteiger partial charge in [0.1, 0.15) is 0 Å². The zero-order valence-corrected chi connectivity index (χ0v) is 12.2. The van der Waals surface area contributed by atoms with E-state index in [1.807, 2.05) is 0 Å². The molecule has 2 N–H and O–H groups in total. The largest absolute Gasteiger partial charge is 0.398 e. The van der Waals surface area contributed by atoms with Gasteiger partial charge in [0, 0.05) is 23.3 Å². The highest BCUT2D eigenvalue weighted by Crippen LogP contribution is 2.30. The van der Waals surface area contributed by atoms with Gasteiger partial charge in [-0.15, -0.1) is 11.8 Å². The molecule has 19 heavy (non-hydrogen) atoms. The van der Waals surface area contributed by atoms with Crippen LogP contribution in [0.15, 0.2) is 47.4 Å². The van der Waals surface area contributed by atoms with Crippen LogP contribution in [-0.2, 0) is 11.2 Å². The molecule has 3 heteroatoms. The molecule has 2 aromatic rings. The van der Waals surface area contributed by atoms with Crippen LogP contribution in [0, 0.1) is 0 Å². The van der Waals surface area contributed by atoms with E-state index in [2.05, 4.69) is 48.7 Å². The number of thioether (sulfide) groups is 1. The summed E-state index contributed by atoms with van der Waals surface area (Å²) in [5, 5.41) is 0. The molecular formula is C16H19NOS. The van der Waals surface area contributed by atoms with Gasteiger partial charge in [-0.25, -0.2) is 0 Å². The Morgan fingerprint density at radius 1 is 1.11 bits per heavy atom. The molecule has 0 spiro atoms. The lowest BCUT2D eigenvalue weighted by molar-refractivity contribution is 0.202. The number of methoxy groups -OCH3 is 1. The van der Waals surface area contributed by atoms with E-state index >= 15 is 0 Å². The maximum atomic E-state index is 6.27. The molecule has 2 rings (SSSR count). The van der Waals surface area contributed by atoms with Crippen molar-refractivity contribution in [3.05, 3.63) is 48.0 Å². The number of benzene rings is 2. The number of nitrogens with two attached hydrogens (primary N) is 1. The molecule has 0 radical (unpaired) electrons. The van der Waals surface area contributed by atoms with Crippen molar-refractivity contribution in [1.82, 2.24) is 0 Å². The average molecular weight is 273 g/mol. The molecule has 0 unspecified atom stereocenters. The molecule has 2 nitrogen and oxygen atoms in total. The first-order chi connectivity index (χ1) is 9.26. The lowest BCUT2D eigenvalue weighted by Gasteiger charge is -2.11. The minimum atomic E-state index is 0.694. The summed E-state index contributed by atoms with van der Waals surface area (Å²) in [6, 6.07) is 14.7. The van der Waals surface area contributed by atoms with Crippen molar-refractivity contribution in [2.24, 2.45) is 0 Å². The van der Waals surface area contributed by atoms with Crippen molar-refractivity contribution in [3.63, 3.8) is 0 Å². The first-order valence-corrected chi connectivity index (χ1v) is 7.49. The van der Waals surface area contributed by atoms with Crippen molar-refractivity contribution in [2.75, 3.05) is 25.7 Å². The normalized spacial score (nSPS) is 10.6. The van der Waals surface area contributed by atoms with Gasteiger partial charge in [-0.05, 0) is 35.9 Å². The number of hydrogen-bond donors (Lipinski definition) is 1. The zero-order valence-electron chi connectivity index (χ0n) is 11.3. The fourth-order valence-corrected chi connectivity index (χ4v) is 2.47. The van der Waals surface area contributed by atoms with Gasteiger partial charge in [-0.3, -0.25) is 0 Å². The number of nitrogen functional groups attached to an aromatic ring is 1. The summed E-state index contributed by atoms with van der Waals surface area (Å²) in [5.74, 6) is 0. The Labute approximate surface area is 119 Å². The van der Waals surface area contributed by atoms with E-state index in [4.69, 9.17) is 10.5 Å². The van der Waals surface area contributed by atoms with Gasteiger partial charge < -0.3 is 10.5 Å². The van der Waals surface area contributed by atoms with E-state index in [0.717, 1.165) is 28.8 Å². The number of para-hydroxylation sites is 1. The minimum absolute atomic E-state index is 0.694. The van der Waals surface area contributed by atoms with Crippen LogP contribution in [-0.4, -0.2) is 20.0 Å². The lowest BCUT2D eigenvalue weighted by Crippen LogP contribution is -2.01. The van der Waals surface area contributed by atoms with Gasteiger partial charge in [-0.1, -0.05) is 30.3 Å². The van der Waals surface area contributed by atoms with Crippen LogP contribution in [0.25, 0.3) is 11.1 Å². The molecule has 0 aliphatic rings. The molecule has 0 aliphatic heterocycles. The third-order valence-corrected chi connectivity index (χ3v) is 3.92. The van der Waals surface area contributed by atoms with Gasteiger partial charge in [0.2, 0.25) is 0 Å². The van der Waals surface area contributed by atoms with E-state index in [-0.39, 0.29) is 0 Å². The summed E-state index contributed by atoms with van der Waals surface area (Å²) in [4.78, 5) is 1.26. The number of ether oxygens (including phenoxy) is 1. The standard InChI is InChI=1S/C16H19NOS/c1-18-11-10-13-4-3-5-15(16(13)17)12-6-8-14(19-2)9-7-12/h3-9H,10-11,17H2,1-2H3. The number of hydrogen-bond acceptors (Lipinski definition) is 3. The van der Waals surface area contributed by atoms with Gasteiger partial charge in [0.25, 0.3) is 0 Å². The van der Waals surface area contributed by atoms with Crippen molar-refractivity contribution in [3.8, 4) is 11.1 Å². The van der Waals surface area contributed by atoms with Crippen LogP contribution < -0.4 is 5.73 Å². The highest BCUT2D eigenvalue weighted by Gasteiger charge is 2.07. The Bertz CT molecular complexity index is 537. The Kier molecular flexibility index (Phi) is 4.88. The Balaban J connectivity index is 2.32. The molecule has 0 amide bonds.